The Labute approximate surface area is 165 Å². The van der Waals surface area contributed by atoms with Gasteiger partial charge in [0.25, 0.3) is 5.91 Å². The van der Waals surface area contributed by atoms with E-state index in [4.69, 9.17) is 12.2 Å². The Hall–Kier alpha value is -1.85. The zero-order valence-electron chi connectivity index (χ0n) is 15.9. The van der Waals surface area contributed by atoms with Gasteiger partial charge in [0.2, 0.25) is 0 Å². The average molecular weight is 385 g/mol. The third kappa shape index (κ3) is 3.38. The topological polar surface area (TPSA) is 25.2 Å². The molecule has 3 rings (SSSR count). The van der Waals surface area contributed by atoms with Crippen LogP contribution in [-0.2, 0) is 4.79 Å². The maximum Gasteiger partial charge on any atom is 0.266 e. The summed E-state index contributed by atoms with van der Waals surface area (Å²) < 4.78 is 2.87. The molecule has 1 amide bonds. The van der Waals surface area contributed by atoms with E-state index in [1.807, 2.05) is 13.0 Å². The smallest absolute Gasteiger partial charge is 0.266 e. The number of carbonyl (C=O) groups is 1. The molecule has 5 heteroatoms. The van der Waals surface area contributed by atoms with Crippen molar-refractivity contribution in [2.75, 3.05) is 6.54 Å². The van der Waals surface area contributed by atoms with E-state index >= 15 is 0 Å². The number of aryl methyl sites for hydroxylation is 1. The van der Waals surface area contributed by atoms with Crippen LogP contribution in [0.2, 0.25) is 0 Å². The van der Waals surface area contributed by atoms with Crippen LogP contribution >= 0.6 is 24.0 Å². The van der Waals surface area contributed by atoms with Crippen LogP contribution in [0.3, 0.4) is 0 Å². The van der Waals surface area contributed by atoms with Gasteiger partial charge < -0.3 is 4.57 Å². The molecule has 1 aromatic heterocycles. The molecular formula is C21H24N2OS2. The molecule has 1 aliphatic heterocycles. The summed E-state index contributed by atoms with van der Waals surface area (Å²) in [5, 5.41) is 0. The molecule has 1 aliphatic rings. The molecule has 0 N–H and O–H groups in total. The number of hydrogen-bond acceptors (Lipinski definition) is 3. The molecule has 26 heavy (non-hydrogen) atoms. The van der Waals surface area contributed by atoms with Gasteiger partial charge in [0.1, 0.15) is 4.32 Å². The number of likely N-dealkylation sites (N-methyl/N-ethyl adjacent to an activating group) is 1. The Bertz CT molecular complexity index is 891. The normalized spacial score (nSPS) is 16.4. The Balaban J connectivity index is 1.98. The molecule has 0 radical (unpaired) electrons. The van der Waals surface area contributed by atoms with Crippen molar-refractivity contribution >= 4 is 40.3 Å². The Morgan fingerprint density at radius 2 is 1.85 bits per heavy atom. The lowest BCUT2D eigenvalue weighted by molar-refractivity contribution is -0.121. The van der Waals surface area contributed by atoms with Gasteiger partial charge in [-0.2, -0.15) is 0 Å². The molecule has 0 spiro atoms. The molecule has 0 saturated carbocycles. The number of thioether (sulfide) groups is 1. The Kier molecular flexibility index (Phi) is 5.39. The summed E-state index contributed by atoms with van der Waals surface area (Å²) in [5.41, 5.74) is 5.82. The molecule has 0 bridgehead atoms. The minimum Gasteiger partial charge on any atom is -0.318 e. The van der Waals surface area contributed by atoms with E-state index in [0.717, 1.165) is 22.6 Å². The lowest BCUT2D eigenvalue weighted by Crippen LogP contribution is -2.27. The van der Waals surface area contributed by atoms with Crippen LogP contribution in [0, 0.1) is 13.8 Å². The van der Waals surface area contributed by atoms with Crippen molar-refractivity contribution in [3.05, 3.63) is 57.8 Å². The van der Waals surface area contributed by atoms with Crippen molar-refractivity contribution in [1.29, 1.82) is 0 Å². The summed E-state index contributed by atoms with van der Waals surface area (Å²) in [4.78, 5) is 14.8. The second-order valence-corrected chi connectivity index (χ2v) is 8.51. The number of amides is 1. The van der Waals surface area contributed by atoms with Crippen molar-refractivity contribution < 1.29 is 4.79 Å². The lowest BCUT2D eigenvalue weighted by Gasteiger charge is -2.12. The Morgan fingerprint density at radius 1 is 1.19 bits per heavy atom. The maximum absolute atomic E-state index is 12.5. The first-order chi connectivity index (χ1) is 12.3. The van der Waals surface area contributed by atoms with E-state index in [1.165, 1.54) is 17.3 Å². The van der Waals surface area contributed by atoms with Crippen LogP contribution < -0.4 is 0 Å². The van der Waals surface area contributed by atoms with Crippen LogP contribution in [0.4, 0.5) is 0 Å². The fourth-order valence-corrected chi connectivity index (χ4v) is 4.63. The quantitative estimate of drug-likeness (QED) is 0.518. The first kappa shape index (κ1) is 18.9. The standard InChI is InChI=1S/C21H24N2OS2/c1-6-22-20(24)19(26-21(22)25)12-17-11-14(4)23(15(17)5)18-9-7-16(8-10-18)13(2)3/h7-13H,6H2,1-5H3/b19-12-. The van der Waals surface area contributed by atoms with Crippen molar-refractivity contribution in [2.24, 2.45) is 0 Å². The Morgan fingerprint density at radius 3 is 2.38 bits per heavy atom. The number of carbonyl (C=O) groups excluding carboxylic acids is 1. The summed E-state index contributed by atoms with van der Waals surface area (Å²) >= 11 is 6.69. The number of hydrogen-bond donors (Lipinski definition) is 0. The molecule has 0 unspecified atom stereocenters. The predicted molar refractivity (Wildman–Crippen MR) is 115 cm³/mol. The fraction of sp³-hybridized carbons (Fsp3) is 0.333. The monoisotopic (exact) mass is 384 g/mol. The molecule has 2 aromatic rings. The average Bonchev–Trinajstić information content (AvgIpc) is 3.03. The summed E-state index contributed by atoms with van der Waals surface area (Å²) in [6.45, 7) is 11.1. The minimum atomic E-state index is 0.00795. The van der Waals surface area contributed by atoms with Crippen LogP contribution in [0.5, 0.6) is 0 Å². The van der Waals surface area contributed by atoms with Gasteiger partial charge in [0.15, 0.2) is 0 Å². The second-order valence-electron chi connectivity index (χ2n) is 6.83. The molecule has 1 saturated heterocycles. The van der Waals surface area contributed by atoms with Crippen molar-refractivity contribution in [1.82, 2.24) is 9.47 Å². The van der Waals surface area contributed by atoms with Crippen LogP contribution in [0.15, 0.2) is 35.2 Å². The highest BCUT2D eigenvalue weighted by atomic mass is 32.2. The summed E-state index contributed by atoms with van der Waals surface area (Å²) in [7, 11) is 0. The SMILES string of the molecule is CCN1C(=O)/C(=C/c2cc(C)n(-c3ccc(C(C)C)cc3)c2C)SC1=S. The van der Waals surface area contributed by atoms with E-state index in [9.17, 15) is 4.79 Å². The van der Waals surface area contributed by atoms with Gasteiger partial charge in [-0.25, -0.2) is 0 Å². The molecule has 0 atom stereocenters. The van der Waals surface area contributed by atoms with Crippen molar-refractivity contribution in [2.45, 2.75) is 40.5 Å². The number of rotatable bonds is 4. The van der Waals surface area contributed by atoms with Gasteiger partial charge in [-0.15, -0.1) is 0 Å². The zero-order valence-corrected chi connectivity index (χ0v) is 17.5. The second kappa shape index (κ2) is 7.41. The van der Waals surface area contributed by atoms with E-state index in [1.54, 1.807) is 4.90 Å². The van der Waals surface area contributed by atoms with Gasteiger partial charge in [-0.1, -0.05) is 50.0 Å². The largest absolute Gasteiger partial charge is 0.318 e. The first-order valence-corrected chi connectivity index (χ1v) is 10.1. The van der Waals surface area contributed by atoms with Crippen molar-refractivity contribution in [3.8, 4) is 5.69 Å². The summed E-state index contributed by atoms with van der Waals surface area (Å²) in [6.07, 6.45) is 1.97. The third-order valence-electron chi connectivity index (χ3n) is 4.76. The number of nitrogens with zero attached hydrogens (tertiary/aromatic N) is 2. The predicted octanol–water partition coefficient (Wildman–Crippen LogP) is 5.44. The van der Waals surface area contributed by atoms with E-state index in [0.29, 0.717) is 21.7 Å². The van der Waals surface area contributed by atoms with Gasteiger partial charge in [-0.3, -0.25) is 9.69 Å². The van der Waals surface area contributed by atoms with Crippen LogP contribution in [-0.4, -0.2) is 26.2 Å². The summed E-state index contributed by atoms with van der Waals surface area (Å²) in [6, 6.07) is 10.8. The van der Waals surface area contributed by atoms with Gasteiger partial charge in [0.05, 0.1) is 4.91 Å². The van der Waals surface area contributed by atoms with Gasteiger partial charge >= 0.3 is 0 Å². The molecule has 136 valence electrons. The lowest BCUT2D eigenvalue weighted by atomic mass is 10.0. The first-order valence-electron chi connectivity index (χ1n) is 8.88. The fourth-order valence-electron chi connectivity index (χ4n) is 3.25. The molecule has 0 aliphatic carbocycles. The van der Waals surface area contributed by atoms with E-state index in [2.05, 4.69) is 62.6 Å². The molecule has 2 heterocycles. The highest BCUT2D eigenvalue weighted by Gasteiger charge is 2.30. The zero-order chi connectivity index (χ0) is 19.0. The molecular weight excluding hydrogens is 360 g/mol. The third-order valence-corrected chi connectivity index (χ3v) is 6.14. The number of aromatic nitrogens is 1. The van der Waals surface area contributed by atoms with E-state index in [-0.39, 0.29) is 5.91 Å². The molecule has 1 aromatic carbocycles. The minimum absolute atomic E-state index is 0.00795. The van der Waals surface area contributed by atoms with Crippen LogP contribution in [0.1, 0.15) is 49.2 Å². The summed E-state index contributed by atoms with van der Waals surface area (Å²) in [5.74, 6) is 0.528. The molecule has 3 nitrogen and oxygen atoms in total. The van der Waals surface area contributed by atoms with Crippen LogP contribution in [0.25, 0.3) is 11.8 Å². The number of thiocarbonyl (C=S) groups is 1. The van der Waals surface area contributed by atoms with Gasteiger partial charge in [-0.05, 0) is 62.1 Å². The molecule has 1 fully saturated rings. The van der Waals surface area contributed by atoms with Gasteiger partial charge in [0, 0.05) is 23.6 Å². The highest BCUT2D eigenvalue weighted by Crippen LogP contribution is 2.33. The maximum atomic E-state index is 12.5. The van der Waals surface area contributed by atoms with E-state index < -0.39 is 0 Å². The number of benzene rings is 1. The highest BCUT2D eigenvalue weighted by molar-refractivity contribution is 8.26. The van der Waals surface area contributed by atoms with Crippen molar-refractivity contribution in [3.63, 3.8) is 0 Å².